The van der Waals surface area contributed by atoms with Crippen LogP contribution in [0.15, 0.2) is 18.3 Å². The number of aromatic nitrogens is 3. The van der Waals surface area contributed by atoms with Gasteiger partial charge >= 0.3 is 6.18 Å². The lowest BCUT2D eigenvalue weighted by Crippen LogP contribution is -2.29. The Kier molecular flexibility index (Phi) is 5.87. The van der Waals surface area contributed by atoms with Crippen LogP contribution in [0.5, 0.6) is 0 Å². The smallest absolute Gasteiger partial charge is 0.364 e. The molecule has 12 heteroatoms. The number of carbonyl (C=O) groups is 2. The monoisotopic (exact) mass is 471 g/mol. The number of halogens is 5. The summed E-state index contributed by atoms with van der Waals surface area (Å²) in [5.41, 5.74) is 3.07. The van der Waals surface area contributed by atoms with Crippen LogP contribution in [0.1, 0.15) is 76.7 Å². The molecule has 2 aromatic rings. The van der Waals surface area contributed by atoms with Gasteiger partial charge in [0.05, 0.1) is 5.69 Å². The van der Waals surface area contributed by atoms with Gasteiger partial charge in [-0.1, -0.05) is 0 Å². The lowest BCUT2D eigenvalue weighted by molar-refractivity contribution is -0.138. The molecular formula is C21H22F5N5O2. The van der Waals surface area contributed by atoms with Gasteiger partial charge in [-0.3, -0.25) is 19.3 Å². The molecular weight excluding hydrogens is 449 g/mol. The predicted molar refractivity (Wildman–Crippen MR) is 107 cm³/mol. The van der Waals surface area contributed by atoms with E-state index < -0.39 is 41.1 Å². The van der Waals surface area contributed by atoms with E-state index in [2.05, 4.69) is 15.4 Å². The minimum absolute atomic E-state index is 0.0370. The molecule has 2 aromatic heterocycles. The highest BCUT2D eigenvalue weighted by molar-refractivity contribution is 6.05. The lowest BCUT2D eigenvalue weighted by atomic mass is 9.87. The van der Waals surface area contributed by atoms with E-state index in [1.54, 1.807) is 0 Å². The molecule has 33 heavy (non-hydrogen) atoms. The molecule has 0 aromatic carbocycles. The lowest BCUT2D eigenvalue weighted by Gasteiger charge is -2.28. The van der Waals surface area contributed by atoms with Crippen molar-refractivity contribution in [3.8, 4) is 0 Å². The number of nitrogens with one attached hydrogen (secondary N) is 1. The Morgan fingerprint density at radius 1 is 1.18 bits per heavy atom. The summed E-state index contributed by atoms with van der Waals surface area (Å²) in [5.74, 6) is -5.43. The maximum Gasteiger partial charge on any atom is 0.420 e. The van der Waals surface area contributed by atoms with Crippen LogP contribution in [-0.4, -0.2) is 32.5 Å². The molecule has 2 heterocycles. The zero-order valence-corrected chi connectivity index (χ0v) is 17.5. The number of nitrogens with zero attached hydrogens (tertiary/aromatic N) is 3. The number of nitrogens with two attached hydrogens (primary N) is 1. The predicted octanol–water partition coefficient (Wildman–Crippen LogP) is 4.35. The molecule has 0 spiro atoms. The molecule has 0 radical (unpaired) electrons. The molecule has 4 rings (SSSR count). The number of primary amides is 1. The average molecular weight is 471 g/mol. The minimum atomic E-state index is -4.83. The summed E-state index contributed by atoms with van der Waals surface area (Å²) >= 11 is 0. The molecule has 0 bridgehead atoms. The van der Waals surface area contributed by atoms with E-state index in [-0.39, 0.29) is 55.2 Å². The van der Waals surface area contributed by atoms with Crippen molar-refractivity contribution >= 4 is 17.5 Å². The average Bonchev–Trinajstić information content (AvgIpc) is 3.49. The summed E-state index contributed by atoms with van der Waals surface area (Å²) in [7, 11) is 0. The maximum atomic E-state index is 14.1. The van der Waals surface area contributed by atoms with Gasteiger partial charge < -0.3 is 11.1 Å². The van der Waals surface area contributed by atoms with Gasteiger partial charge in [0, 0.05) is 37.2 Å². The Hall–Kier alpha value is -3.05. The highest BCUT2D eigenvalue weighted by atomic mass is 19.4. The molecule has 2 saturated carbocycles. The molecule has 178 valence electrons. The van der Waals surface area contributed by atoms with Gasteiger partial charge in [0.2, 0.25) is 5.92 Å². The van der Waals surface area contributed by atoms with Gasteiger partial charge in [0.15, 0.2) is 0 Å². The van der Waals surface area contributed by atoms with Crippen LogP contribution in [0.4, 0.5) is 27.6 Å². The molecule has 0 aliphatic heterocycles. The van der Waals surface area contributed by atoms with Crippen LogP contribution in [0.25, 0.3) is 0 Å². The molecule has 2 fully saturated rings. The van der Waals surface area contributed by atoms with Crippen molar-refractivity contribution in [1.82, 2.24) is 14.8 Å². The van der Waals surface area contributed by atoms with E-state index in [0.717, 1.165) is 10.7 Å². The molecule has 0 unspecified atom stereocenters. The molecule has 2 aliphatic rings. The third-order valence-corrected chi connectivity index (χ3v) is 5.98. The van der Waals surface area contributed by atoms with Crippen molar-refractivity contribution in [1.29, 1.82) is 0 Å². The quantitative estimate of drug-likeness (QED) is 0.612. The standard InChI is InChI=1S/C21H22F5N5O2/c22-20(23)6-3-11(4-7-20)10-31-17(15(21(24,25)26)16(30-31)12-1-2-12)19(33)29-13-5-8-28-14(9-13)18(27)32/h5,8-9,11-12H,1-4,6-7,10H2,(H2,27,32)(H,28,29,33). The molecule has 0 saturated heterocycles. The number of hydrogen-bond donors (Lipinski definition) is 2. The molecule has 3 N–H and O–H groups in total. The summed E-state index contributed by atoms with van der Waals surface area (Å²) in [5, 5.41) is 6.50. The number of amides is 2. The SMILES string of the molecule is NC(=O)c1cc(NC(=O)c2c(C(F)(F)F)c(C3CC3)nn2CC2CCC(F)(F)CC2)ccn1. The van der Waals surface area contributed by atoms with E-state index in [1.165, 1.54) is 12.3 Å². The second-order valence-electron chi connectivity index (χ2n) is 8.61. The first-order valence-electron chi connectivity index (χ1n) is 10.6. The number of rotatable bonds is 6. The Morgan fingerprint density at radius 3 is 2.42 bits per heavy atom. The van der Waals surface area contributed by atoms with E-state index in [9.17, 15) is 31.5 Å². The van der Waals surface area contributed by atoms with Crippen LogP contribution in [-0.2, 0) is 12.7 Å². The Bertz CT molecular complexity index is 1070. The number of alkyl halides is 5. The zero-order chi connectivity index (χ0) is 24.0. The van der Waals surface area contributed by atoms with Crippen molar-refractivity contribution in [2.75, 3.05) is 5.32 Å². The van der Waals surface area contributed by atoms with Crippen LogP contribution < -0.4 is 11.1 Å². The van der Waals surface area contributed by atoms with Crippen LogP contribution in [0, 0.1) is 5.92 Å². The van der Waals surface area contributed by atoms with Crippen molar-refractivity contribution in [2.45, 2.75) is 63.1 Å². The van der Waals surface area contributed by atoms with Gasteiger partial charge in [-0.25, -0.2) is 8.78 Å². The summed E-state index contributed by atoms with van der Waals surface area (Å²) in [4.78, 5) is 28.1. The summed E-state index contributed by atoms with van der Waals surface area (Å²) in [6.45, 7) is -0.0719. The molecule has 7 nitrogen and oxygen atoms in total. The van der Waals surface area contributed by atoms with E-state index >= 15 is 0 Å². The number of carbonyl (C=O) groups excluding carboxylic acids is 2. The molecule has 2 aliphatic carbocycles. The highest BCUT2D eigenvalue weighted by Crippen LogP contribution is 2.47. The van der Waals surface area contributed by atoms with Gasteiger partial charge in [0.1, 0.15) is 17.0 Å². The van der Waals surface area contributed by atoms with E-state index in [0.29, 0.717) is 12.8 Å². The van der Waals surface area contributed by atoms with Crippen molar-refractivity contribution in [3.05, 3.63) is 41.0 Å². The van der Waals surface area contributed by atoms with Crippen molar-refractivity contribution in [3.63, 3.8) is 0 Å². The van der Waals surface area contributed by atoms with Crippen LogP contribution in [0.3, 0.4) is 0 Å². The third-order valence-electron chi connectivity index (χ3n) is 5.98. The maximum absolute atomic E-state index is 14.1. The normalized spacial score (nSPS) is 18.8. The highest BCUT2D eigenvalue weighted by Gasteiger charge is 2.46. The minimum Gasteiger partial charge on any atom is -0.364 e. The summed E-state index contributed by atoms with van der Waals surface area (Å²) < 4.78 is 70.2. The van der Waals surface area contributed by atoms with Crippen molar-refractivity contribution < 1.29 is 31.5 Å². The Morgan fingerprint density at radius 2 is 1.85 bits per heavy atom. The van der Waals surface area contributed by atoms with Gasteiger partial charge in [-0.2, -0.15) is 18.3 Å². The van der Waals surface area contributed by atoms with Gasteiger partial charge in [-0.15, -0.1) is 0 Å². The second-order valence-corrected chi connectivity index (χ2v) is 8.61. The van der Waals surface area contributed by atoms with Crippen LogP contribution in [0.2, 0.25) is 0 Å². The first-order chi connectivity index (χ1) is 15.4. The Balaban J connectivity index is 1.69. The fourth-order valence-electron chi connectivity index (χ4n) is 4.13. The van der Waals surface area contributed by atoms with Crippen molar-refractivity contribution in [2.24, 2.45) is 11.7 Å². The van der Waals surface area contributed by atoms with Gasteiger partial charge in [-0.05, 0) is 43.7 Å². The topological polar surface area (TPSA) is 103 Å². The van der Waals surface area contributed by atoms with E-state index in [1.807, 2.05) is 0 Å². The largest absolute Gasteiger partial charge is 0.420 e. The fourth-order valence-corrected chi connectivity index (χ4v) is 4.13. The van der Waals surface area contributed by atoms with E-state index in [4.69, 9.17) is 5.73 Å². The summed E-state index contributed by atoms with van der Waals surface area (Å²) in [6.07, 6.45) is -3.04. The van der Waals surface area contributed by atoms with Crippen LogP contribution >= 0.6 is 0 Å². The van der Waals surface area contributed by atoms with Gasteiger partial charge in [0.25, 0.3) is 11.8 Å². The number of pyridine rings is 1. The second kappa shape index (κ2) is 8.38. The first kappa shape index (κ1) is 23.1. The summed E-state index contributed by atoms with van der Waals surface area (Å²) in [6, 6.07) is 2.46. The molecule has 0 atom stereocenters. The Labute approximate surface area is 185 Å². The first-order valence-corrected chi connectivity index (χ1v) is 10.6. The number of anilines is 1. The third kappa shape index (κ3) is 5.14. The molecule has 2 amide bonds. The zero-order valence-electron chi connectivity index (χ0n) is 17.5. The number of hydrogen-bond acceptors (Lipinski definition) is 4. The fraction of sp³-hybridized carbons (Fsp3) is 0.524.